The van der Waals surface area contributed by atoms with Crippen molar-refractivity contribution in [2.45, 2.75) is 59.3 Å². The second-order valence-corrected chi connectivity index (χ2v) is 5.85. The largest absolute Gasteiger partial charge is 0.293 e. The molecule has 1 rings (SSSR count). The van der Waals surface area contributed by atoms with E-state index in [2.05, 4.69) is 49.2 Å². The van der Waals surface area contributed by atoms with Gasteiger partial charge in [-0.3, -0.25) is 4.99 Å². The first-order valence-corrected chi connectivity index (χ1v) is 8.63. The Morgan fingerprint density at radius 1 is 1.00 bits per heavy atom. The van der Waals surface area contributed by atoms with Crippen LogP contribution in [0, 0.1) is 0 Å². The lowest BCUT2D eigenvalue weighted by Crippen LogP contribution is -1.90. The molecule has 22 heavy (non-hydrogen) atoms. The average Bonchev–Trinajstić information content (AvgIpc) is 2.55. The molecule has 0 aromatic heterocycles. The molecule has 0 saturated carbocycles. The maximum atomic E-state index is 4.48. The number of unbranched alkanes of at least 4 members (excludes halogenated alkanes) is 2. The number of rotatable bonds is 10. The van der Waals surface area contributed by atoms with Crippen molar-refractivity contribution < 1.29 is 0 Å². The average molecular weight is 297 g/mol. The molecule has 0 radical (unpaired) electrons. The van der Waals surface area contributed by atoms with Gasteiger partial charge in [-0.15, -0.1) is 0 Å². The van der Waals surface area contributed by atoms with Gasteiger partial charge in [-0.25, -0.2) is 0 Å². The Hall–Kier alpha value is -1.63. The van der Waals surface area contributed by atoms with Gasteiger partial charge in [0.1, 0.15) is 0 Å². The summed E-state index contributed by atoms with van der Waals surface area (Å²) in [5.74, 6) is 0. The second kappa shape index (κ2) is 12.0. The summed E-state index contributed by atoms with van der Waals surface area (Å²) in [5, 5.41) is 0. The maximum Gasteiger partial charge on any atom is 0.0389 e. The van der Waals surface area contributed by atoms with Crippen LogP contribution in [0.5, 0.6) is 0 Å². The molecule has 0 aliphatic carbocycles. The maximum absolute atomic E-state index is 4.48. The van der Waals surface area contributed by atoms with Crippen molar-refractivity contribution in [1.29, 1.82) is 0 Å². The number of allylic oxidation sites excluding steroid dienone is 4. The van der Waals surface area contributed by atoms with E-state index in [9.17, 15) is 0 Å². The molecule has 0 unspecified atom stereocenters. The van der Waals surface area contributed by atoms with E-state index in [0.717, 1.165) is 19.4 Å². The summed E-state index contributed by atoms with van der Waals surface area (Å²) in [4.78, 5) is 4.48. The highest BCUT2D eigenvalue weighted by Gasteiger charge is 1.95. The minimum atomic E-state index is 0.926. The fourth-order valence-corrected chi connectivity index (χ4v) is 2.29. The summed E-state index contributed by atoms with van der Waals surface area (Å²) >= 11 is 0. The van der Waals surface area contributed by atoms with E-state index in [1.54, 1.807) is 0 Å². The highest BCUT2D eigenvalue weighted by atomic mass is 14.7. The molecule has 0 heterocycles. The van der Waals surface area contributed by atoms with Crippen LogP contribution in [0.25, 0.3) is 0 Å². The van der Waals surface area contributed by atoms with Gasteiger partial charge in [-0.05, 0) is 62.7 Å². The van der Waals surface area contributed by atoms with E-state index in [0.29, 0.717) is 0 Å². The summed E-state index contributed by atoms with van der Waals surface area (Å²) in [5.41, 5.74) is 4.13. The quantitative estimate of drug-likeness (QED) is 0.288. The zero-order valence-corrected chi connectivity index (χ0v) is 14.5. The predicted octanol–water partition coefficient (Wildman–Crippen LogP) is 5.95. The van der Waals surface area contributed by atoms with Crippen LogP contribution in [0.4, 0.5) is 0 Å². The van der Waals surface area contributed by atoms with E-state index in [1.807, 2.05) is 25.3 Å². The zero-order chi connectivity index (χ0) is 16.0. The molecule has 0 atom stereocenters. The minimum absolute atomic E-state index is 0.926. The molecule has 1 nitrogen and oxygen atoms in total. The van der Waals surface area contributed by atoms with Crippen LogP contribution >= 0.6 is 0 Å². The first-order valence-electron chi connectivity index (χ1n) is 8.63. The van der Waals surface area contributed by atoms with Gasteiger partial charge < -0.3 is 0 Å². The van der Waals surface area contributed by atoms with Crippen molar-refractivity contribution in [1.82, 2.24) is 0 Å². The van der Waals surface area contributed by atoms with Gasteiger partial charge >= 0.3 is 0 Å². The van der Waals surface area contributed by atoms with Crippen LogP contribution in [0.2, 0.25) is 0 Å². The number of hydrogen-bond donors (Lipinski definition) is 0. The molecule has 0 aliphatic heterocycles. The molecule has 0 saturated heterocycles. The molecule has 0 amide bonds. The fourth-order valence-electron chi connectivity index (χ4n) is 2.29. The molecular weight excluding hydrogens is 266 g/mol. The summed E-state index contributed by atoms with van der Waals surface area (Å²) in [6, 6.07) is 9.16. The van der Waals surface area contributed by atoms with Gasteiger partial charge in [0.25, 0.3) is 0 Å². The Morgan fingerprint density at radius 2 is 1.64 bits per heavy atom. The Morgan fingerprint density at radius 3 is 2.23 bits per heavy atom. The Bertz CT molecular complexity index is 477. The number of benzene rings is 1. The molecule has 0 fully saturated rings. The molecule has 0 bridgehead atoms. The molecule has 0 spiro atoms. The number of hydrogen-bond acceptors (Lipinski definition) is 1. The van der Waals surface area contributed by atoms with Crippen LogP contribution in [0.15, 0.2) is 53.1 Å². The highest BCUT2D eigenvalue weighted by Crippen LogP contribution is 2.10. The van der Waals surface area contributed by atoms with E-state index in [-0.39, 0.29) is 0 Å². The van der Waals surface area contributed by atoms with Gasteiger partial charge in [0, 0.05) is 12.8 Å². The number of nitrogens with zero attached hydrogens (tertiary/aromatic N) is 1. The monoisotopic (exact) mass is 297 g/mol. The Balaban J connectivity index is 2.20. The van der Waals surface area contributed by atoms with E-state index in [1.165, 1.54) is 42.4 Å². The molecule has 0 N–H and O–H groups in total. The Labute approximate surface area is 136 Å². The van der Waals surface area contributed by atoms with Crippen molar-refractivity contribution in [3.8, 4) is 0 Å². The smallest absolute Gasteiger partial charge is 0.0389 e. The molecule has 1 heteroatoms. The van der Waals surface area contributed by atoms with Crippen LogP contribution in [-0.4, -0.2) is 12.8 Å². The zero-order valence-electron chi connectivity index (χ0n) is 14.5. The topological polar surface area (TPSA) is 12.4 Å². The minimum Gasteiger partial charge on any atom is -0.293 e. The van der Waals surface area contributed by atoms with Crippen LogP contribution in [0.1, 0.15) is 57.6 Å². The van der Waals surface area contributed by atoms with Crippen molar-refractivity contribution in [2.24, 2.45) is 4.99 Å². The van der Waals surface area contributed by atoms with E-state index in [4.69, 9.17) is 0 Å². The lowest BCUT2D eigenvalue weighted by Gasteiger charge is -2.03. The Kier molecular flexibility index (Phi) is 10.0. The summed E-state index contributed by atoms with van der Waals surface area (Å²) in [6.07, 6.45) is 15.4. The van der Waals surface area contributed by atoms with Gasteiger partial charge in [-0.2, -0.15) is 0 Å². The van der Waals surface area contributed by atoms with Crippen LogP contribution in [-0.2, 0) is 12.8 Å². The highest BCUT2D eigenvalue weighted by molar-refractivity contribution is 5.78. The fraction of sp³-hybridized carbons (Fsp3) is 0.476. The molecule has 1 aromatic carbocycles. The molecular formula is C21H31N. The lowest BCUT2D eigenvalue weighted by atomic mass is 10.0. The number of aryl methyl sites for hydroxylation is 2. The third kappa shape index (κ3) is 8.61. The molecule has 1 aromatic rings. The third-order valence-corrected chi connectivity index (χ3v) is 3.69. The van der Waals surface area contributed by atoms with Gasteiger partial charge in [-0.1, -0.05) is 55.8 Å². The second-order valence-electron chi connectivity index (χ2n) is 5.85. The molecule has 120 valence electrons. The first kappa shape index (κ1) is 18.4. The third-order valence-electron chi connectivity index (χ3n) is 3.69. The molecule has 0 aliphatic rings. The normalized spacial score (nSPS) is 12.6. The SMILES string of the molecule is C\C=C/C=C(C)\C=N\CCCCc1ccc(CCCC)cc1. The van der Waals surface area contributed by atoms with Gasteiger partial charge in [0.05, 0.1) is 0 Å². The van der Waals surface area contributed by atoms with Gasteiger partial charge in [0.15, 0.2) is 0 Å². The lowest BCUT2D eigenvalue weighted by molar-refractivity contribution is 0.746. The van der Waals surface area contributed by atoms with Crippen molar-refractivity contribution in [3.63, 3.8) is 0 Å². The van der Waals surface area contributed by atoms with Crippen molar-refractivity contribution in [2.75, 3.05) is 6.54 Å². The van der Waals surface area contributed by atoms with Crippen LogP contribution in [0.3, 0.4) is 0 Å². The number of aliphatic imine (C=N–C) groups is 1. The van der Waals surface area contributed by atoms with Crippen molar-refractivity contribution in [3.05, 3.63) is 59.2 Å². The standard InChI is InChI=1S/C21H31N/c1-4-6-10-19(3)18-22-17-9-8-12-21-15-13-20(14-16-21)11-7-5-2/h4,6,10,13-16,18H,5,7-9,11-12,17H2,1-3H3/b6-4-,19-10-,22-18+. The van der Waals surface area contributed by atoms with Crippen LogP contribution < -0.4 is 0 Å². The first-order chi connectivity index (χ1) is 10.8. The summed E-state index contributed by atoms with van der Waals surface area (Å²) < 4.78 is 0. The van der Waals surface area contributed by atoms with Crippen molar-refractivity contribution >= 4 is 6.21 Å². The summed E-state index contributed by atoms with van der Waals surface area (Å²) in [6.45, 7) is 7.28. The van der Waals surface area contributed by atoms with E-state index >= 15 is 0 Å². The van der Waals surface area contributed by atoms with E-state index < -0.39 is 0 Å². The summed E-state index contributed by atoms with van der Waals surface area (Å²) in [7, 11) is 0. The van der Waals surface area contributed by atoms with Gasteiger partial charge in [0.2, 0.25) is 0 Å². The predicted molar refractivity (Wildman–Crippen MR) is 99.9 cm³/mol.